The Balaban J connectivity index is -0.0000000457. The molecule has 0 fully saturated rings. The summed E-state index contributed by atoms with van der Waals surface area (Å²) in [7, 11) is -4.64. The van der Waals surface area contributed by atoms with Gasteiger partial charge in [-0.15, -0.1) is 0 Å². The molecule has 9 N–H and O–H groups in total. The Hall–Kier alpha value is -0.0100. The zero-order valence-corrected chi connectivity index (χ0v) is 8.33. The highest BCUT2D eigenvalue weighted by Gasteiger charge is 2.00. The number of phosphoric acid groups is 1. The molecule has 0 bridgehead atoms. The highest BCUT2D eigenvalue weighted by molar-refractivity contribution is 7.45. The molecule has 0 aromatic heterocycles. The van der Waals surface area contributed by atoms with Crippen LogP contribution in [-0.2, 0) is 9.30 Å². The third-order valence-electron chi connectivity index (χ3n) is 0.408. The van der Waals surface area contributed by atoms with Crippen LogP contribution in [0.3, 0.4) is 0 Å². The van der Waals surface area contributed by atoms with Gasteiger partial charge in [0.05, 0.1) is 0 Å². The van der Waals surface area contributed by atoms with Crippen LogP contribution in [0.25, 0.3) is 0 Å². The second kappa shape index (κ2) is 13.6. The summed E-state index contributed by atoms with van der Waals surface area (Å²) >= 11 is 0. The molecule has 0 saturated carbocycles. The smallest absolute Gasteiger partial charge is 0.382 e. The van der Waals surface area contributed by atoms with Gasteiger partial charge >= 0.3 is 7.82 Å². The largest absolute Gasteiger partial charge is 0.466 e. The van der Waals surface area contributed by atoms with Crippen LogP contribution in [0.15, 0.2) is 0 Å². The van der Waals surface area contributed by atoms with Crippen molar-refractivity contribution in [1.82, 2.24) is 12.3 Å². The summed E-state index contributed by atoms with van der Waals surface area (Å²) in [5.74, 6) is 0. The van der Waals surface area contributed by atoms with Gasteiger partial charge in [0.25, 0.3) is 0 Å². The lowest BCUT2D eigenvalue weighted by molar-refractivity contribution is 0.162. The van der Waals surface area contributed by atoms with Crippen LogP contribution in [0.4, 0.5) is 0 Å². The Labute approximate surface area is 72.2 Å². The van der Waals surface area contributed by atoms with Gasteiger partial charge in [-0.2, -0.15) is 0 Å². The lowest BCUT2D eigenvalue weighted by Crippen LogP contribution is -1.84. The van der Waals surface area contributed by atoms with Gasteiger partial charge in [0.2, 0.25) is 0 Å². The maximum Gasteiger partial charge on any atom is 0.466 e. The summed E-state index contributed by atoms with van der Waals surface area (Å²) < 4.78 is 13.7. The van der Waals surface area contributed by atoms with Crippen molar-refractivity contribution in [2.45, 2.75) is 13.8 Å². The number of hydrogen-bond acceptors (Lipinski definition) is 4. The Kier molecular flexibility index (Phi) is 25.7. The Morgan fingerprint density at radius 1 is 1.08 bits per heavy atom. The van der Waals surface area contributed by atoms with Gasteiger partial charge < -0.3 is 31.7 Å². The molecule has 0 atom stereocenters. The fourth-order valence-electron chi connectivity index (χ4n) is 0.204. The van der Waals surface area contributed by atoms with Gasteiger partial charge in [0.1, 0.15) is 0 Å². The molecule has 0 saturated heterocycles. The zero-order chi connectivity index (χ0) is 8.62. The maximum atomic E-state index is 8.88. The summed E-state index contributed by atoms with van der Waals surface area (Å²) in [6.45, 7) is 5.67. The van der Waals surface area contributed by atoms with E-state index >= 15 is 0 Å². The van der Waals surface area contributed by atoms with E-state index < -0.39 is 7.82 Å². The fourth-order valence-corrected chi connectivity index (χ4v) is 0.204. The molecule has 0 unspecified atom stereocenters. The van der Waals surface area contributed by atoms with Crippen molar-refractivity contribution >= 4 is 7.82 Å². The third kappa shape index (κ3) is 204. The summed E-state index contributed by atoms with van der Waals surface area (Å²) in [5, 5.41) is 0. The van der Waals surface area contributed by atoms with Crippen LogP contribution in [0, 0.1) is 0 Å². The first-order valence-corrected chi connectivity index (χ1v) is 4.34. The summed E-state index contributed by atoms with van der Waals surface area (Å²) in [5.41, 5.74) is 0. The lowest BCUT2D eigenvalue weighted by Gasteiger charge is -1.86. The quantitative estimate of drug-likeness (QED) is 0.410. The maximum absolute atomic E-state index is 8.88. The first-order valence-electron chi connectivity index (χ1n) is 2.77. The molecule has 12 heavy (non-hydrogen) atoms. The topological polar surface area (TPSA) is 157 Å². The van der Waals surface area contributed by atoms with Crippen LogP contribution in [0.1, 0.15) is 13.8 Å². The molecule has 8 heteroatoms. The van der Waals surface area contributed by atoms with Gasteiger partial charge in [0, 0.05) is 13.2 Å². The van der Waals surface area contributed by atoms with Gasteiger partial charge in [-0.1, -0.05) is 0 Å². The van der Waals surface area contributed by atoms with E-state index in [0.717, 1.165) is 13.2 Å². The molecular formula is C4H19N2O5P. The molecule has 0 radical (unpaired) electrons. The van der Waals surface area contributed by atoms with Gasteiger partial charge in [0.15, 0.2) is 0 Å². The number of hydrogen-bond donors (Lipinski definition) is 5. The first-order chi connectivity index (χ1) is 4.41. The van der Waals surface area contributed by atoms with Crippen molar-refractivity contribution in [3.05, 3.63) is 0 Å². The monoisotopic (exact) mass is 206 g/mol. The minimum atomic E-state index is -4.64. The van der Waals surface area contributed by atoms with E-state index in [1.807, 2.05) is 13.8 Å². The molecule has 0 spiro atoms. The van der Waals surface area contributed by atoms with E-state index in [0.29, 0.717) is 0 Å². The molecule has 7 nitrogen and oxygen atoms in total. The van der Waals surface area contributed by atoms with Crippen LogP contribution >= 0.6 is 7.82 Å². The van der Waals surface area contributed by atoms with Gasteiger partial charge in [-0.3, -0.25) is 0 Å². The van der Waals surface area contributed by atoms with Crippen LogP contribution in [0.2, 0.25) is 0 Å². The second-order valence-corrected chi connectivity index (χ2v) is 2.32. The normalized spacial score (nSPS) is 8.42. The van der Waals surface area contributed by atoms with E-state index in [1.165, 1.54) is 0 Å². The first kappa shape index (κ1) is 22.7. The van der Waals surface area contributed by atoms with Crippen molar-refractivity contribution in [3.8, 4) is 0 Å². The fraction of sp³-hybridized carbons (Fsp3) is 1.00. The Morgan fingerprint density at radius 3 is 1.25 bits per heavy atom. The highest BCUT2D eigenvalue weighted by atomic mass is 31.2. The average molecular weight is 206 g/mol. The molecule has 0 rings (SSSR count). The molecule has 0 aliphatic heterocycles. The Bertz CT molecular complexity index is 95.4. The molecule has 0 aliphatic carbocycles. The molecule has 0 heterocycles. The molecular weight excluding hydrogens is 187 g/mol. The van der Waals surface area contributed by atoms with Crippen molar-refractivity contribution in [2.24, 2.45) is 0 Å². The van der Waals surface area contributed by atoms with E-state index in [2.05, 4.69) is 0 Å². The summed E-state index contributed by atoms with van der Waals surface area (Å²) in [6.07, 6.45) is 0. The average Bonchev–Trinajstić information content (AvgIpc) is 1.63. The minimum Gasteiger partial charge on any atom is -0.382 e. The zero-order valence-electron chi connectivity index (χ0n) is 7.43. The third-order valence-corrected chi connectivity index (χ3v) is 0.408. The predicted octanol–water partition coefficient (Wildman–Crippen LogP) is 0.438. The van der Waals surface area contributed by atoms with E-state index in [9.17, 15) is 0 Å². The standard InChI is InChI=1S/C4H10O.2H3N.H3O4P/c1-3-5-4-2;;;1-5(2,3)4/h3-4H2,1-2H3;2*1H3;(H3,1,2,3,4). The van der Waals surface area contributed by atoms with Crippen molar-refractivity contribution in [2.75, 3.05) is 13.2 Å². The minimum absolute atomic E-state index is 0. The number of rotatable bonds is 2. The lowest BCUT2D eigenvalue weighted by atomic mass is 10.8. The SMILES string of the molecule is CCOCC.N.N.O=P(O)(O)O. The molecule has 0 aliphatic rings. The molecule has 0 amide bonds. The van der Waals surface area contributed by atoms with Crippen LogP contribution in [0.5, 0.6) is 0 Å². The summed E-state index contributed by atoms with van der Waals surface area (Å²) in [6, 6.07) is 0. The van der Waals surface area contributed by atoms with Crippen LogP contribution in [-0.4, -0.2) is 27.9 Å². The van der Waals surface area contributed by atoms with E-state index in [1.54, 1.807) is 0 Å². The van der Waals surface area contributed by atoms with Gasteiger partial charge in [-0.05, 0) is 13.8 Å². The number of ether oxygens (including phenoxy) is 1. The molecule has 0 aromatic rings. The summed E-state index contributed by atoms with van der Waals surface area (Å²) in [4.78, 5) is 21.6. The van der Waals surface area contributed by atoms with Gasteiger partial charge in [-0.25, -0.2) is 4.57 Å². The highest BCUT2D eigenvalue weighted by Crippen LogP contribution is 2.25. The molecule has 80 valence electrons. The van der Waals surface area contributed by atoms with Crippen molar-refractivity contribution in [1.29, 1.82) is 0 Å². The van der Waals surface area contributed by atoms with Crippen molar-refractivity contribution < 1.29 is 24.0 Å². The van der Waals surface area contributed by atoms with E-state index in [4.69, 9.17) is 24.0 Å². The molecule has 0 aromatic carbocycles. The van der Waals surface area contributed by atoms with E-state index in [-0.39, 0.29) is 12.3 Å². The predicted molar refractivity (Wildman–Crippen MR) is 46.5 cm³/mol. The van der Waals surface area contributed by atoms with Crippen molar-refractivity contribution in [3.63, 3.8) is 0 Å². The Morgan fingerprint density at radius 2 is 1.25 bits per heavy atom. The van der Waals surface area contributed by atoms with Crippen LogP contribution < -0.4 is 12.3 Å². The second-order valence-electron chi connectivity index (χ2n) is 1.29.